The maximum absolute atomic E-state index is 12.8. The quantitative estimate of drug-likeness (QED) is 0.809. The molecular formula is C18H20ClNO3S. The van der Waals surface area contributed by atoms with Crippen molar-refractivity contribution in [2.24, 2.45) is 0 Å². The molecule has 0 heterocycles. The Morgan fingerprint density at radius 2 is 1.67 bits per heavy atom. The summed E-state index contributed by atoms with van der Waals surface area (Å²) < 4.78 is 25.0. The number of sulfone groups is 1. The average Bonchev–Trinajstić information content (AvgIpc) is 2.56. The Hall–Kier alpha value is -1.85. The van der Waals surface area contributed by atoms with Gasteiger partial charge in [0, 0.05) is 18.6 Å². The first kappa shape index (κ1) is 18.5. The molecule has 0 saturated carbocycles. The van der Waals surface area contributed by atoms with Crippen LogP contribution in [-0.4, -0.2) is 31.5 Å². The standard InChI is InChI=1S/C18H20ClNO3S/c1-13(2)24(22,23)17-11-7-5-9-15(17)18(21)20(3)12-14-8-4-6-10-16(14)19/h4-11,13H,12H2,1-3H3. The van der Waals surface area contributed by atoms with Crippen molar-refractivity contribution in [1.29, 1.82) is 0 Å². The summed E-state index contributed by atoms with van der Waals surface area (Å²) in [5.74, 6) is -0.352. The molecule has 0 spiro atoms. The lowest BCUT2D eigenvalue weighted by Gasteiger charge is -2.20. The molecule has 2 aromatic rings. The van der Waals surface area contributed by atoms with Crippen LogP contribution in [0.5, 0.6) is 0 Å². The van der Waals surface area contributed by atoms with Crippen LogP contribution in [0, 0.1) is 0 Å². The van der Waals surface area contributed by atoms with Crippen molar-refractivity contribution in [2.45, 2.75) is 30.5 Å². The van der Waals surface area contributed by atoms with Crippen LogP contribution in [0.1, 0.15) is 29.8 Å². The first-order valence-corrected chi connectivity index (χ1v) is 9.49. The van der Waals surface area contributed by atoms with Gasteiger partial charge in [-0.25, -0.2) is 8.42 Å². The zero-order valence-electron chi connectivity index (χ0n) is 13.9. The molecule has 0 aliphatic rings. The van der Waals surface area contributed by atoms with Gasteiger partial charge in [0.15, 0.2) is 9.84 Å². The van der Waals surface area contributed by atoms with Crippen LogP contribution in [0.15, 0.2) is 53.4 Å². The van der Waals surface area contributed by atoms with Crippen molar-refractivity contribution in [2.75, 3.05) is 7.05 Å². The van der Waals surface area contributed by atoms with Crippen molar-refractivity contribution in [1.82, 2.24) is 4.90 Å². The van der Waals surface area contributed by atoms with Gasteiger partial charge in [-0.1, -0.05) is 41.9 Å². The van der Waals surface area contributed by atoms with Crippen LogP contribution in [0.3, 0.4) is 0 Å². The fourth-order valence-electron chi connectivity index (χ4n) is 2.30. The van der Waals surface area contributed by atoms with E-state index < -0.39 is 15.1 Å². The topological polar surface area (TPSA) is 54.5 Å². The van der Waals surface area contributed by atoms with E-state index in [9.17, 15) is 13.2 Å². The maximum Gasteiger partial charge on any atom is 0.255 e. The molecule has 0 N–H and O–H groups in total. The minimum Gasteiger partial charge on any atom is -0.337 e. The SMILES string of the molecule is CC(C)S(=O)(=O)c1ccccc1C(=O)N(C)Cc1ccccc1Cl. The molecule has 0 atom stereocenters. The number of carbonyl (C=O) groups is 1. The van der Waals surface area contributed by atoms with E-state index in [4.69, 9.17) is 11.6 Å². The molecule has 0 radical (unpaired) electrons. The van der Waals surface area contributed by atoms with Gasteiger partial charge >= 0.3 is 0 Å². The second kappa shape index (κ2) is 7.36. The number of hydrogen-bond donors (Lipinski definition) is 0. The minimum absolute atomic E-state index is 0.0657. The first-order chi connectivity index (χ1) is 11.2. The second-order valence-corrected chi connectivity index (χ2v) is 8.72. The molecule has 24 heavy (non-hydrogen) atoms. The molecule has 1 amide bonds. The van der Waals surface area contributed by atoms with Gasteiger partial charge in [-0.3, -0.25) is 4.79 Å². The number of hydrogen-bond acceptors (Lipinski definition) is 3. The van der Waals surface area contributed by atoms with Gasteiger partial charge in [-0.2, -0.15) is 0 Å². The number of halogens is 1. The lowest BCUT2D eigenvalue weighted by molar-refractivity contribution is 0.0781. The van der Waals surface area contributed by atoms with E-state index in [1.165, 1.54) is 11.0 Å². The molecule has 2 aromatic carbocycles. The predicted molar refractivity (Wildman–Crippen MR) is 96.0 cm³/mol. The third-order valence-corrected chi connectivity index (χ3v) is 6.34. The summed E-state index contributed by atoms with van der Waals surface area (Å²) in [6, 6.07) is 13.6. The number of rotatable bonds is 5. The molecular weight excluding hydrogens is 346 g/mol. The van der Waals surface area contributed by atoms with E-state index in [1.54, 1.807) is 45.2 Å². The predicted octanol–water partition coefficient (Wildman–Crippen LogP) is 3.79. The van der Waals surface area contributed by atoms with Crippen LogP contribution in [-0.2, 0) is 16.4 Å². The van der Waals surface area contributed by atoms with Gasteiger partial charge in [-0.15, -0.1) is 0 Å². The highest BCUT2D eigenvalue weighted by molar-refractivity contribution is 7.92. The summed E-state index contributed by atoms with van der Waals surface area (Å²) in [6.45, 7) is 3.50. The number of carbonyl (C=O) groups excluding carboxylic acids is 1. The minimum atomic E-state index is -3.54. The van der Waals surface area contributed by atoms with Gasteiger partial charge in [0.05, 0.1) is 15.7 Å². The highest BCUT2D eigenvalue weighted by Gasteiger charge is 2.26. The van der Waals surface area contributed by atoms with E-state index >= 15 is 0 Å². The molecule has 0 saturated heterocycles. The van der Waals surface area contributed by atoms with Crippen molar-refractivity contribution < 1.29 is 13.2 Å². The molecule has 6 heteroatoms. The Balaban J connectivity index is 2.36. The Labute approximate surface area is 148 Å². The van der Waals surface area contributed by atoms with Gasteiger partial charge in [0.2, 0.25) is 0 Å². The monoisotopic (exact) mass is 365 g/mol. The van der Waals surface area contributed by atoms with Crippen molar-refractivity contribution in [3.63, 3.8) is 0 Å². The van der Waals surface area contributed by atoms with Gasteiger partial charge < -0.3 is 4.90 Å². The molecule has 0 aromatic heterocycles. The first-order valence-electron chi connectivity index (χ1n) is 7.57. The second-order valence-electron chi connectivity index (χ2n) is 5.84. The Morgan fingerprint density at radius 1 is 1.08 bits per heavy atom. The van der Waals surface area contributed by atoms with E-state index in [0.717, 1.165) is 5.56 Å². The Kier molecular flexibility index (Phi) is 5.67. The largest absolute Gasteiger partial charge is 0.337 e. The summed E-state index contributed by atoms with van der Waals surface area (Å²) >= 11 is 6.13. The summed E-state index contributed by atoms with van der Waals surface area (Å²) in [4.78, 5) is 14.3. The maximum atomic E-state index is 12.8. The molecule has 0 bridgehead atoms. The third-order valence-electron chi connectivity index (χ3n) is 3.76. The van der Waals surface area contributed by atoms with E-state index in [1.807, 2.05) is 18.2 Å². The molecule has 4 nitrogen and oxygen atoms in total. The molecule has 0 unspecified atom stereocenters. The number of amides is 1. The van der Waals surface area contributed by atoms with E-state index in [0.29, 0.717) is 11.6 Å². The number of benzene rings is 2. The van der Waals surface area contributed by atoms with E-state index in [2.05, 4.69) is 0 Å². The third kappa shape index (κ3) is 3.79. The molecule has 0 aliphatic heterocycles. The average molecular weight is 366 g/mol. The highest BCUT2D eigenvalue weighted by Crippen LogP contribution is 2.23. The lowest BCUT2D eigenvalue weighted by atomic mass is 10.1. The van der Waals surface area contributed by atoms with Crippen LogP contribution in [0.2, 0.25) is 5.02 Å². The highest BCUT2D eigenvalue weighted by atomic mass is 35.5. The van der Waals surface area contributed by atoms with Gasteiger partial charge in [0.1, 0.15) is 0 Å². The van der Waals surface area contributed by atoms with Crippen LogP contribution in [0.4, 0.5) is 0 Å². The molecule has 2 rings (SSSR count). The van der Waals surface area contributed by atoms with Crippen LogP contribution >= 0.6 is 11.6 Å². The summed E-state index contributed by atoms with van der Waals surface area (Å²) in [7, 11) is -1.91. The van der Waals surface area contributed by atoms with Crippen LogP contribution in [0.25, 0.3) is 0 Å². The Bertz CT molecular complexity index is 847. The number of nitrogens with zero attached hydrogens (tertiary/aromatic N) is 1. The van der Waals surface area contributed by atoms with Crippen molar-refractivity contribution in [3.05, 3.63) is 64.7 Å². The zero-order valence-corrected chi connectivity index (χ0v) is 15.4. The fraction of sp³-hybridized carbons (Fsp3) is 0.278. The van der Waals surface area contributed by atoms with Gasteiger partial charge in [-0.05, 0) is 37.6 Å². The lowest BCUT2D eigenvalue weighted by Crippen LogP contribution is -2.28. The summed E-state index contributed by atoms with van der Waals surface area (Å²) in [6.07, 6.45) is 0. The van der Waals surface area contributed by atoms with Crippen molar-refractivity contribution >= 4 is 27.3 Å². The summed E-state index contributed by atoms with van der Waals surface area (Å²) in [5, 5.41) is -0.0273. The Morgan fingerprint density at radius 3 is 2.29 bits per heavy atom. The normalized spacial score (nSPS) is 11.5. The van der Waals surface area contributed by atoms with E-state index in [-0.39, 0.29) is 16.4 Å². The van der Waals surface area contributed by atoms with Crippen molar-refractivity contribution in [3.8, 4) is 0 Å². The zero-order chi connectivity index (χ0) is 17.9. The molecule has 0 fully saturated rings. The molecule has 0 aliphatic carbocycles. The molecule has 128 valence electrons. The fourth-order valence-corrected chi connectivity index (χ4v) is 3.74. The smallest absolute Gasteiger partial charge is 0.255 e. The summed E-state index contributed by atoms with van der Waals surface area (Å²) in [5.41, 5.74) is 0.986. The van der Waals surface area contributed by atoms with Crippen LogP contribution < -0.4 is 0 Å². The van der Waals surface area contributed by atoms with Gasteiger partial charge in [0.25, 0.3) is 5.91 Å².